The van der Waals surface area contributed by atoms with Gasteiger partial charge in [0.1, 0.15) is 0 Å². The summed E-state index contributed by atoms with van der Waals surface area (Å²) in [5.74, 6) is 0.570. The molecule has 0 atom stereocenters. The molecule has 0 radical (unpaired) electrons. The molecule has 1 amide bonds. The molecule has 3 rings (SSSR count). The number of hydrazone groups is 1. The molecule has 0 spiro atoms. The van der Waals surface area contributed by atoms with Gasteiger partial charge in [0.05, 0.1) is 20.4 Å². The lowest BCUT2D eigenvalue weighted by atomic mass is 10.2. The summed E-state index contributed by atoms with van der Waals surface area (Å²) in [5, 5.41) is 6.11. The molecule has 0 N–H and O–H groups in total. The van der Waals surface area contributed by atoms with Crippen molar-refractivity contribution in [1.29, 1.82) is 0 Å². The van der Waals surface area contributed by atoms with Gasteiger partial charge >= 0.3 is 0 Å². The molecule has 0 aliphatic rings. The first-order chi connectivity index (χ1) is 15.3. The van der Waals surface area contributed by atoms with Crippen molar-refractivity contribution in [1.82, 2.24) is 4.78 Å². The van der Waals surface area contributed by atoms with Gasteiger partial charge < -0.3 is 9.47 Å². The summed E-state index contributed by atoms with van der Waals surface area (Å²) < 4.78 is 26.1. The van der Waals surface area contributed by atoms with E-state index in [1.165, 1.54) is 27.4 Å². The first-order valence-electron chi connectivity index (χ1n) is 9.49. The maximum Gasteiger partial charge on any atom is 0.251 e. The standard InChI is InChI=1S/C23H21Cl2N2O4P/c1-16(28)27(26-15-17-4-13-22(30-2)23(14-17)31-3)32(29,20-9-5-18(24)6-10-20)21-11-7-19(25)8-12-21/h4-15H,1-3H3/b26-15-. The first-order valence-corrected chi connectivity index (χ1v) is 11.9. The number of ether oxygens (including phenoxy) is 2. The lowest BCUT2D eigenvalue weighted by molar-refractivity contribution is -0.124. The van der Waals surface area contributed by atoms with Crippen molar-refractivity contribution in [2.45, 2.75) is 6.92 Å². The number of rotatable bonds is 7. The Labute approximate surface area is 196 Å². The van der Waals surface area contributed by atoms with Crippen LogP contribution in [0.25, 0.3) is 0 Å². The van der Waals surface area contributed by atoms with Crippen LogP contribution in [0.2, 0.25) is 10.0 Å². The third-order valence-electron chi connectivity index (χ3n) is 4.63. The van der Waals surface area contributed by atoms with Gasteiger partial charge in [-0.25, -0.2) is 0 Å². The Morgan fingerprint density at radius 2 is 1.38 bits per heavy atom. The molecule has 0 aliphatic heterocycles. The van der Waals surface area contributed by atoms with Crippen LogP contribution in [0.15, 0.2) is 71.8 Å². The zero-order valence-corrected chi connectivity index (χ0v) is 20.1. The van der Waals surface area contributed by atoms with E-state index in [9.17, 15) is 9.36 Å². The van der Waals surface area contributed by atoms with Gasteiger partial charge in [0, 0.05) is 27.6 Å². The largest absolute Gasteiger partial charge is 0.493 e. The molecule has 0 aliphatic carbocycles. The molecule has 0 aromatic heterocycles. The number of carbonyl (C=O) groups excluding carboxylic acids is 1. The number of hydrogen-bond donors (Lipinski definition) is 0. The average molecular weight is 491 g/mol. The summed E-state index contributed by atoms with van der Waals surface area (Å²) in [6, 6.07) is 18.2. The quantitative estimate of drug-likeness (QED) is 0.261. The third-order valence-corrected chi connectivity index (χ3v) is 8.04. The van der Waals surface area contributed by atoms with Gasteiger partial charge in [0.25, 0.3) is 7.29 Å². The minimum absolute atomic E-state index is 0.406. The van der Waals surface area contributed by atoms with Crippen LogP contribution in [-0.4, -0.2) is 31.1 Å². The Morgan fingerprint density at radius 3 is 1.81 bits per heavy atom. The molecule has 0 bridgehead atoms. The summed E-state index contributed by atoms with van der Waals surface area (Å²) in [6.07, 6.45) is 1.45. The second-order valence-electron chi connectivity index (χ2n) is 6.70. The van der Waals surface area contributed by atoms with Crippen molar-refractivity contribution >= 4 is 53.2 Å². The van der Waals surface area contributed by atoms with E-state index in [4.69, 9.17) is 32.7 Å². The molecule has 0 fully saturated rings. The van der Waals surface area contributed by atoms with Crippen molar-refractivity contribution in [2.75, 3.05) is 14.2 Å². The predicted octanol–water partition coefficient (Wildman–Crippen LogP) is 5.12. The second kappa shape index (κ2) is 10.2. The summed E-state index contributed by atoms with van der Waals surface area (Å²) in [4.78, 5) is 12.7. The molecule has 0 saturated carbocycles. The summed E-state index contributed by atoms with van der Waals surface area (Å²) in [7, 11) is -0.625. The van der Waals surface area contributed by atoms with Gasteiger partial charge in [-0.3, -0.25) is 9.36 Å². The first kappa shape index (κ1) is 23.9. The number of hydrogen-bond acceptors (Lipinski definition) is 5. The number of benzene rings is 3. The maximum absolute atomic E-state index is 14.5. The van der Waals surface area contributed by atoms with Crippen LogP contribution in [0.5, 0.6) is 11.5 Å². The van der Waals surface area contributed by atoms with Gasteiger partial charge in [-0.05, 0) is 72.3 Å². The van der Waals surface area contributed by atoms with Crippen molar-refractivity contribution in [3.63, 3.8) is 0 Å². The molecular formula is C23H21Cl2N2O4P. The third kappa shape index (κ3) is 4.99. The number of nitrogens with zero attached hydrogens (tertiary/aromatic N) is 2. The molecule has 3 aromatic carbocycles. The fraction of sp³-hybridized carbons (Fsp3) is 0.130. The zero-order chi connectivity index (χ0) is 23.3. The van der Waals surface area contributed by atoms with Crippen LogP contribution in [-0.2, 0) is 9.36 Å². The zero-order valence-electron chi connectivity index (χ0n) is 17.7. The van der Waals surface area contributed by atoms with Gasteiger partial charge in [-0.2, -0.15) is 9.88 Å². The fourth-order valence-electron chi connectivity index (χ4n) is 3.06. The van der Waals surface area contributed by atoms with Crippen LogP contribution < -0.4 is 20.1 Å². The Hall–Kier alpha value is -2.79. The second-order valence-corrected chi connectivity index (χ2v) is 10.1. The molecule has 0 saturated heterocycles. The van der Waals surface area contributed by atoms with E-state index < -0.39 is 13.2 Å². The molecule has 9 heteroatoms. The Morgan fingerprint density at radius 1 is 0.875 bits per heavy atom. The Balaban J connectivity index is 2.13. The van der Waals surface area contributed by atoms with Crippen LogP contribution in [0, 0.1) is 0 Å². The van der Waals surface area contributed by atoms with E-state index in [1.54, 1.807) is 66.7 Å². The number of carbonyl (C=O) groups is 1. The molecule has 0 unspecified atom stereocenters. The molecule has 0 heterocycles. The molecule has 32 heavy (non-hydrogen) atoms. The normalized spacial score (nSPS) is 11.4. The highest BCUT2D eigenvalue weighted by atomic mass is 35.5. The van der Waals surface area contributed by atoms with E-state index in [1.807, 2.05) is 0 Å². The molecular weight excluding hydrogens is 470 g/mol. The summed E-state index contributed by atoms with van der Waals surface area (Å²) >= 11 is 12.1. The minimum Gasteiger partial charge on any atom is -0.493 e. The highest BCUT2D eigenvalue weighted by Gasteiger charge is 2.37. The van der Waals surface area contributed by atoms with E-state index in [0.29, 0.717) is 37.7 Å². The van der Waals surface area contributed by atoms with Crippen LogP contribution in [0.1, 0.15) is 12.5 Å². The molecule has 6 nitrogen and oxygen atoms in total. The number of amides is 1. The van der Waals surface area contributed by atoms with Crippen LogP contribution >= 0.6 is 30.5 Å². The van der Waals surface area contributed by atoms with Crippen molar-refractivity contribution in [3.8, 4) is 11.5 Å². The lowest BCUT2D eigenvalue weighted by Crippen LogP contribution is -2.32. The van der Waals surface area contributed by atoms with E-state index >= 15 is 0 Å². The van der Waals surface area contributed by atoms with Crippen molar-refractivity contribution in [2.24, 2.45) is 5.10 Å². The predicted molar refractivity (Wildman–Crippen MR) is 129 cm³/mol. The van der Waals surface area contributed by atoms with Gasteiger partial charge in [0.2, 0.25) is 5.91 Å². The topological polar surface area (TPSA) is 68.2 Å². The van der Waals surface area contributed by atoms with Crippen molar-refractivity contribution in [3.05, 3.63) is 82.3 Å². The van der Waals surface area contributed by atoms with Crippen molar-refractivity contribution < 1.29 is 18.8 Å². The molecule has 166 valence electrons. The number of methoxy groups -OCH3 is 2. The van der Waals surface area contributed by atoms with E-state index in [2.05, 4.69) is 5.10 Å². The monoisotopic (exact) mass is 490 g/mol. The Kier molecular flexibility index (Phi) is 7.62. The van der Waals surface area contributed by atoms with Gasteiger partial charge in [0.15, 0.2) is 11.5 Å². The molecule has 3 aromatic rings. The SMILES string of the molecule is COc1ccc(/C=N\N(C(C)=O)P(=O)(c2ccc(Cl)cc2)c2ccc(Cl)cc2)cc1OC. The minimum atomic E-state index is -3.69. The van der Waals surface area contributed by atoms with Crippen LogP contribution in [0.4, 0.5) is 0 Å². The van der Waals surface area contributed by atoms with Gasteiger partial charge in [-0.15, -0.1) is 0 Å². The lowest BCUT2D eigenvalue weighted by Gasteiger charge is -2.27. The average Bonchev–Trinajstić information content (AvgIpc) is 2.79. The van der Waals surface area contributed by atoms with E-state index in [0.717, 1.165) is 4.78 Å². The van der Waals surface area contributed by atoms with Crippen LogP contribution in [0.3, 0.4) is 0 Å². The van der Waals surface area contributed by atoms with Gasteiger partial charge in [-0.1, -0.05) is 23.2 Å². The fourth-order valence-corrected chi connectivity index (χ4v) is 5.75. The highest BCUT2D eigenvalue weighted by molar-refractivity contribution is 7.77. The Bertz CT molecular complexity index is 1130. The summed E-state index contributed by atoms with van der Waals surface area (Å²) in [5.41, 5.74) is 0.632. The highest BCUT2D eigenvalue weighted by Crippen LogP contribution is 2.48. The maximum atomic E-state index is 14.5. The number of halogens is 2. The summed E-state index contributed by atoms with van der Waals surface area (Å²) in [6.45, 7) is 1.31. The smallest absolute Gasteiger partial charge is 0.251 e. The van der Waals surface area contributed by atoms with E-state index in [-0.39, 0.29) is 0 Å².